The monoisotopic (exact) mass is 323 g/mol. The van der Waals surface area contributed by atoms with E-state index in [1.54, 1.807) is 6.07 Å². The van der Waals surface area contributed by atoms with Crippen LogP contribution in [0.15, 0.2) is 53.0 Å². The first-order valence-corrected chi connectivity index (χ1v) is 6.80. The minimum Gasteiger partial charge on any atom is -0.391 e. The fourth-order valence-electron chi connectivity index (χ4n) is 1.96. The third-order valence-corrected chi connectivity index (χ3v) is 3.74. The maximum absolute atomic E-state index is 13.2. The predicted octanol–water partition coefficient (Wildman–Crippen LogP) is 3.19. The minimum absolute atomic E-state index is 0.361. The molecule has 2 aromatic carbocycles. The molecule has 2 nitrogen and oxygen atoms in total. The van der Waals surface area contributed by atoms with Crippen LogP contribution >= 0.6 is 15.9 Å². The van der Waals surface area contributed by atoms with Gasteiger partial charge in [0.05, 0.1) is 12.1 Å². The minimum atomic E-state index is -0.763. The highest BCUT2D eigenvalue weighted by atomic mass is 79.9. The highest BCUT2D eigenvalue weighted by molar-refractivity contribution is 9.10. The zero-order chi connectivity index (χ0) is 13.8. The van der Waals surface area contributed by atoms with Gasteiger partial charge in [-0.3, -0.25) is 0 Å². The van der Waals surface area contributed by atoms with E-state index in [1.165, 1.54) is 12.1 Å². The van der Waals surface area contributed by atoms with Crippen LogP contribution < -0.4 is 5.73 Å². The number of halogens is 2. The van der Waals surface area contributed by atoms with Gasteiger partial charge in [-0.2, -0.15) is 0 Å². The van der Waals surface area contributed by atoms with Gasteiger partial charge in [0.1, 0.15) is 5.82 Å². The molecule has 0 fully saturated rings. The molecule has 100 valence electrons. The van der Waals surface area contributed by atoms with Gasteiger partial charge >= 0.3 is 0 Å². The van der Waals surface area contributed by atoms with Crippen molar-refractivity contribution in [3.8, 4) is 0 Å². The van der Waals surface area contributed by atoms with Gasteiger partial charge in [-0.25, -0.2) is 4.39 Å². The van der Waals surface area contributed by atoms with Crippen molar-refractivity contribution in [3.63, 3.8) is 0 Å². The fourth-order valence-corrected chi connectivity index (χ4v) is 2.47. The Hall–Kier alpha value is -1.23. The number of hydrogen-bond donors (Lipinski definition) is 2. The molecule has 0 spiro atoms. The van der Waals surface area contributed by atoms with E-state index in [9.17, 15) is 9.50 Å². The second-order valence-corrected chi connectivity index (χ2v) is 5.30. The molecule has 0 amide bonds. The quantitative estimate of drug-likeness (QED) is 0.907. The molecule has 0 unspecified atom stereocenters. The first-order chi connectivity index (χ1) is 9.08. The SMILES string of the molecule is N[C@H](c1cc(F)ccc1Br)[C@@H](O)Cc1ccccc1. The Morgan fingerprint density at radius 3 is 2.53 bits per heavy atom. The lowest BCUT2D eigenvalue weighted by molar-refractivity contribution is 0.144. The molecule has 0 radical (unpaired) electrons. The topological polar surface area (TPSA) is 46.2 Å². The largest absolute Gasteiger partial charge is 0.391 e. The van der Waals surface area contributed by atoms with Crippen LogP contribution in [0, 0.1) is 5.82 Å². The van der Waals surface area contributed by atoms with Crippen molar-refractivity contribution in [2.75, 3.05) is 0 Å². The van der Waals surface area contributed by atoms with Crippen LogP contribution in [0.3, 0.4) is 0 Å². The maximum atomic E-state index is 13.2. The van der Waals surface area contributed by atoms with Crippen LogP contribution in [-0.2, 0) is 6.42 Å². The van der Waals surface area contributed by atoms with Crippen LogP contribution in [0.5, 0.6) is 0 Å². The van der Waals surface area contributed by atoms with Crippen LogP contribution in [-0.4, -0.2) is 11.2 Å². The number of aliphatic hydroxyl groups is 1. The Morgan fingerprint density at radius 1 is 1.16 bits per heavy atom. The van der Waals surface area contributed by atoms with Gasteiger partial charge in [0.15, 0.2) is 0 Å². The summed E-state index contributed by atoms with van der Waals surface area (Å²) >= 11 is 3.33. The third kappa shape index (κ3) is 3.62. The summed E-state index contributed by atoms with van der Waals surface area (Å²) in [6.45, 7) is 0. The summed E-state index contributed by atoms with van der Waals surface area (Å²) in [6.07, 6.45) is -0.328. The zero-order valence-corrected chi connectivity index (χ0v) is 11.8. The summed E-state index contributed by atoms with van der Waals surface area (Å²) in [6, 6.07) is 13.3. The third-order valence-electron chi connectivity index (χ3n) is 3.02. The average molecular weight is 324 g/mol. The Balaban J connectivity index is 2.14. The molecule has 0 heterocycles. The molecule has 3 N–H and O–H groups in total. The molecule has 2 aromatic rings. The lowest BCUT2D eigenvalue weighted by atomic mass is 9.97. The predicted molar refractivity (Wildman–Crippen MR) is 77.2 cm³/mol. The van der Waals surface area contributed by atoms with E-state index < -0.39 is 12.1 Å². The molecule has 4 heteroatoms. The van der Waals surface area contributed by atoms with Crippen molar-refractivity contribution in [1.29, 1.82) is 0 Å². The van der Waals surface area contributed by atoms with E-state index in [0.29, 0.717) is 16.5 Å². The molecule has 19 heavy (non-hydrogen) atoms. The summed E-state index contributed by atoms with van der Waals surface area (Å²) in [5.74, 6) is -0.361. The normalized spacial score (nSPS) is 14.1. The number of aliphatic hydroxyl groups excluding tert-OH is 1. The standard InChI is InChI=1S/C15H15BrFNO/c16-13-7-6-11(17)9-12(13)15(18)14(19)8-10-4-2-1-3-5-10/h1-7,9,14-15,19H,8,18H2/t14-,15+/m0/s1. The Morgan fingerprint density at radius 2 is 1.84 bits per heavy atom. The maximum Gasteiger partial charge on any atom is 0.123 e. The summed E-state index contributed by atoms with van der Waals surface area (Å²) in [5, 5.41) is 10.2. The number of rotatable bonds is 4. The van der Waals surface area contributed by atoms with Crippen LogP contribution in [0.4, 0.5) is 4.39 Å². The van der Waals surface area contributed by atoms with Crippen molar-refractivity contribution in [1.82, 2.24) is 0 Å². The average Bonchev–Trinajstić information content (AvgIpc) is 2.42. The van der Waals surface area contributed by atoms with E-state index in [4.69, 9.17) is 5.73 Å². The second kappa shape index (κ2) is 6.28. The molecular formula is C15H15BrFNO. The summed E-state index contributed by atoms with van der Waals surface area (Å²) < 4.78 is 13.9. The Kier molecular flexibility index (Phi) is 4.69. The second-order valence-electron chi connectivity index (χ2n) is 4.45. The summed E-state index contributed by atoms with van der Waals surface area (Å²) in [7, 11) is 0. The lowest BCUT2D eigenvalue weighted by Gasteiger charge is -2.20. The molecule has 0 aromatic heterocycles. The fraction of sp³-hybridized carbons (Fsp3) is 0.200. The van der Waals surface area contributed by atoms with Crippen molar-refractivity contribution in [2.24, 2.45) is 5.73 Å². The van der Waals surface area contributed by atoms with Gasteiger partial charge in [-0.05, 0) is 29.3 Å². The van der Waals surface area contributed by atoms with Gasteiger partial charge in [0, 0.05) is 10.9 Å². The van der Waals surface area contributed by atoms with Crippen molar-refractivity contribution in [3.05, 3.63) is 69.9 Å². The van der Waals surface area contributed by atoms with Gasteiger partial charge < -0.3 is 10.8 Å². The summed E-state index contributed by atoms with van der Waals surface area (Å²) in [5.41, 5.74) is 7.58. The molecule has 2 atom stereocenters. The molecule has 0 bridgehead atoms. The highest BCUT2D eigenvalue weighted by Gasteiger charge is 2.20. The molecule has 0 aliphatic carbocycles. The van der Waals surface area contributed by atoms with E-state index in [0.717, 1.165) is 5.56 Å². The smallest absolute Gasteiger partial charge is 0.123 e. The van der Waals surface area contributed by atoms with E-state index in [-0.39, 0.29) is 5.82 Å². The highest BCUT2D eigenvalue weighted by Crippen LogP contribution is 2.26. The Bertz CT molecular complexity index is 547. The number of hydrogen-bond acceptors (Lipinski definition) is 2. The van der Waals surface area contributed by atoms with Crippen molar-refractivity contribution in [2.45, 2.75) is 18.6 Å². The van der Waals surface area contributed by atoms with Gasteiger partial charge in [-0.15, -0.1) is 0 Å². The molecule has 2 rings (SSSR count). The van der Waals surface area contributed by atoms with E-state index >= 15 is 0 Å². The molecule has 0 aliphatic heterocycles. The first kappa shape index (κ1) is 14.2. The zero-order valence-electron chi connectivity index (χ0n) is 10.3. The number of benzene rings is 2. The lowest BCUT2D eigenvalue weighted by Crippen LogP contribution is -2.28. The molecule has 0 saturated heterocycles. The number of nitrogens with two attached hydrogens (primary N) is 1. The van der Waals surface area contributed by atoms with Gasteiger partial charge in [0.25, 0.3) is 0 Å². The van der Waals surface area contributed by atoms with Crippen molar-refractivity contribution < 1.29 is 9.50 Å². The van der Waals surface area contributed by atoms with Gasteiger partial charge in [-0.1, -0.05) is 46.3 Å². The van der Waals surface area contributed by atoms with Crippen LogP contribution in [0.1, 0.15) is 17.2 Å². The first-order valence-electron chi connectivity index (χ1n) is 6.00. The van der Waals surface area contributed by atoms with E-state index in [2.05, 4.69) is 15.9 Å². The summed E-state index contributed by atoms with van der Waals surface area (Å²) in [4.78, 5) is 0. The molecule has 0 aliphatic rings. The molecular weight excluding hydrogens is 309 g/mol. The molecule has 0 saturated carbocycles. The van der Waals surface area contributed by atoms with Crippen molar-refractivity contribution >= 4 is 15.9 Å². The van der Waals surface area contributed by atoms with Crippen LogP contribution in [0.25, 0.3) is 0 Å². The van der Waals surface area contributed by atoms with Gasteiger partial charge in [0.2, 0.25) is 0 Å². The van der Waals surface area contributed by atoms with E-state index in [1.807, 2.05) is 30.3 Å². The Labute approximate surface area is 120 Å². The van der Waals surface area contributed by atoms with Crippen LogP contribution in [0.2, 0.25) is 0 Å².